The molecule has 1 aliphatic rings. The van der Waals surface area contributed by atoms with Crippen LogP contribution in [0.15, 0.2) is 60.0 Å². The summed E-state index contributed by atoms with van der Waals surface area (Å²) < 4.78 is 0. The maximum Gasteiger partial charge on any atom is 0.267 e. The first-order valence-corrected chi connectivity index (χ1v) is 11.6. The molecule has 0 saturated carbocycles. The zero-order chi connectivity index (χ0) is 22.4. The van der Waals surface area contributed by atoms with Gasteiger partial charge in [0.25, 0.3) is 17.7 Å². The number of aryl methyl sites for hydroxylation is 1. The Morgan fingerprint density at radius 1 is 1.03 bits per heavy atom. The van der Waals surface area contributed by atoms with Crippen molar-refractivity contribution in [2.45, 2.75) is 6.92 Å². The summed E-state index contributed by atoms with van der Waals surface area (Å²) >= 11 is 9.30. The first-order chi connectivity index (χ1) is 15.4. The quantitative estimate of drug-likeness (QED) is 0.370. The molecular formula is C23H14ClN3O3S2. The third kappa shape index (κ3) is 3.42. The molecule has 0 bridgehead atoms. The Kier molecular flexibility index (Phi) is 5.13. The lowest BCUT2D eigenvalue weighted by Gasteiger charge is -2.16. The number of nitrogens with one attached hydrogen (secondary N) is 1. The second-order valence-electron chi connectivity index (χ2n) is 7.02. The van der Waals surface area contributed by atoms with Crippen LogP contribution in [0.5, 0.6) is 0 Å². The number of hydrogen-bond acceptors (Lipinski definition) is 6. The number of amides is 3. The van der Waals surface area contributed by atoms with Crippen LogP contribution in [-0.4, -0.2) is 22.7 Å². The van der Waals surface area contributed by atoms with E-state index in [0.717, 1.165) is 14.8 Å². The number of imide groups is 1. The van der Waals surface area contributed by atoms with E-state index < -0.39 is 11.8 Å². The number of nitrogens with zero attached hydrogens (tertiary/aromatic N) is 2. The van der Waals surface area contributed by atoms with E-state index in [0.29, 0.717) is 27.4 Å². The van der Waals surface area contributed by atoms with E-state index >= 15 is 0 Å². The average molecular weight is 480 g/mol. The Balaban J connectivity index is 1.38. The van der Waals surface area contributed by atoms with Crippen LogP contribution in [0, 0.1) is 6.92 Å². The summed E-state index contributed by atoms with van der Waals surface area (Å²) in [6, 6.07) is 15.2. The van der Waals surface area contributed by atoms with E-state index in [1.54, 1.807) is 54.7 Å². The van der Waals surface area contributed by atoms with Crippen LogP contribution in [-0.2, 0) is 0 Å². The third-order valence-electron chi connectivity index (χ3n) is 4.98. The maximum atomic E-state index is 12.8. The molecule has 158 valence electrons. The summed E-state index contributed by atoms with van der Waals surface area (Å²) in [7, 11) is 0. The molecule has 5 rings (SSSR count). The fraction of sp³-hybridized carbons (Fsp3) is 0.0435. The Hall–Kier alpha value is -3.33. The summed E-state index contributed by atoms with van der Waals surface area (Å²) in [6.45, 7) is 1.79. The van der Waals surface area contributed by atoms with Gasteiger partial charge in [-0.2, -0.15) is 0 Å². The predicted octanol–water partition coefficient (Wildman–Crippen LogP) is 5.89. The molecule has 4 aromatic rings. The molecule has 0 atom stereocenters. The van der Waals surface area contributed by atoms with Gasteiger partial charge in [-0.15, -0.1) is 22.7 Å². The predicted molar refractivity (Wildman–Crippen MR) is 127 cm³/mol. The number of halogens is 1. The Morgan fingerprint density at radius 2 is 1.75 bits per heavy atom. The summed E-state index contributed by atoms with van der Waals surface area (Å²) in [5, 5.41) is 5.75. The minimum Gasteiger partial charge on any atom is -0.321 e. The molecule has 2 aromatic heterocycles. The fourth-order valence-corrected chi connectivity index (χ4v) is 5.50. The van der Waals surface area contributed by atoms with Crippen molar-refractivity contribution in [2.75, 3.05) is 10.2 Å². The Bertz CT molecular complexity index is 1360. The Morgan fingerprint density at radius 3 is 2.38 bits per heavy atom. The van der Waals surface area contributed by atoms with Crippen LogP contribution in [0.3, 0.4) is 0 Å². The minimum absolute atomic E-state index is 0.178. The SMILES string of the molecule is Cc1nc(-c2cccs2)sc1C(=O)Nc1ccc(N2C(=O)c3ccccc3C2=O)c(Cl)c1. The molecule has 0 fully saturated rings. The lowest BCUT2D eigenvalue weighted by molar-refractivity contribution is 0.0924. The molecule has 2 aromatic carbocycles. The monoisotopic (exact) mass is 479 g/mol. The largest absolute Gasteiger partial charge is 0.321 e. The van der Waals surface area contributed by atoms with Gasteiger partial charge in [0, 0.05) is 5.69 Å². The number of carbonyl (C=O) groups excluding carboxylic acids is 3. The van der Waals surface area contributed by atoms with Crippen molar-refractivity contribution < 1.29 is 14.4 Å². The van der Waals surface area contributed by atoms with Gasteiger partial charge in [0.05, 0.1) is 32.4 Å². The molecule has 3 amide bonds. The summed E-state index contributed by atoms with van der Waals surface area (Å²) in [5.41, 5.74) is 2.04. The molecule has 9 heteroatoms. The molecule has 3 heterocycles. The van der Waals surface area contributed by atoms with Gasteiger partial charge in [-0.1, -0.05) is 29.8 Å². The molecule has 0 aliphatic carbocycles. The topological polar surface area (TPSA) is 79.4 Å². The van der Waals surface area contributed by atoms with E-state index in [9.17, 15) is 14.4 Å². The van der Waals surface area contributed by atoms with Crippen LogP contribution >= 0.6 is 34.3 Å². The van der Waals surface area contributed by atoms with Crippen molar-refractivity contribution in [1.82, 2.24) is 4.98 Å². The molecule has 32 heavy (non-hydrogen) atoms. The van der Waals surface area contributed by atoms with Gasteiger partial charge in [-0.05, 0) is 48.7 Å². The van der Waals surface area contributed by atoms with E-state index in [1.807, 2.05) is 17.5 Å². The zero-order valence-electron chi connectivity index (χ0n) is 16.6. The molecule has 0 radical (unpaired) electrons. The number of hydrogen-bond donors (Lipinski definition) is 1. The number of benzene rings is 2. The lowest BCUT2D eigenvalue weighted by Crippen LogP contribution is -2.29. The van der Waals surface area contributed by atoms with Crippen molar-refractivity contribution in [3.05, 3.63) is 86.7 Å². The molecule has 0 unspecified atom stereocenters. The molecule has 1 N–H and O–H groups in total. The first kappa shape index (κ1) is 20.6. The van der Waals surface area contributed by atoms with Gasteiger partial charge < -0.3 is 5.32 Å². The van der Waals surface area contributed by atoms with Crippen molar-refractivity contribution >= 4 is 63.4 Å². The highest BCUT2D eigenvalue weighted by atomic mass is 35.5. The second kappa shape index (κ2) is 7.98. The highest BCUT2D eigenvalue weighted by Crippen LogP contribution is 2.35. The summed E-state index contributed by atoms with van der Waals surface area (Å²) in [4.78, 5) is 45.3. The number of carbonyl (C=O) groups is 3. The number of thiazole rings is 1. The Labute approximate surface area is 196 Å². The number of aromatic nitrogens is 1. The number of fused-ring (bicyclic) bond motifs is 1. The molecule has 0 saturated heterocycles. The average Bonchev–Trinajstić information content (AvgIpc) is 3.49. The molecule has 1 aliphatic heterocycles. The van der Waals surface area contributed by atoms with E-state index in [4.69, 9.17) is 11.6 Å². The van der Waals surface area contributed by atoms with Gasteiger partial charge in [-0.3, -0.25) is 14.4 Å². The third-order valence-corrected chi connectivity index (χ3v) is 7.47. The van der Waals surface area contributed by atoms with Gasteiger partial charge in [-0.25, -0.2) is 9.88 Å². The molecule has 6 nitrogen and oxygen atoms in total. The first-order valence-electron chi connectivity index (χ1n) is 9.54. The van der Waals surface area contributed by atoms with E-state index in [1.165, 1.54) is 17.4 Å². The van der Waals surface area contributed by atoms with Crippen LogP contribution in [0.2, 0.25) is 5.02 Å². The van der Waals surface area contributed by atoms with Crippen molar-refractivity contribution in [3.63, 3.8) is 0 Å². The molecular weight excluding hydrogens is 466 g/mol. The minimum atomic E-state index is -0.425. The van der Waals surface area contributed by atoms with Crippen molar-refractivity contribution in [1.29, 1.82) is 0 Å². The maximum absolute atomic E-state index is 12.8. The van der Waals surface area contributed by atoms with Gasteiger partial charge in [0.15, 0.2) is 0 Å². The number of rotatable bonds is 4. The van der Waals surface area contributed by atoms with E-state index in [-0.39, 0.29) is 16.6 Å². The number of thiophene rings is 1. The van der Waals surface area contributed by atoms with Crippen LogP contribution < -0.4 is 10.2 Å². The number of anilines is 2. The molecule has 0 spiro atoms. The normalized spacial score (nSPS) is 12.9. The van der Waals surface area contributed by atoms with Crippen molar-refractivity contribution in [2.24, 2.45) is 0 Å². The summed E-state index contributed by atoms with van der Waals surface area (Å²) in [5.74, 6) is -1.15. The smallest absolute Gasteiger partial charge is 0.267 e. The highest BCUT2D eigenvalue weighted by Gasteiger charge is 2.37. The van der Waals surface area contributed by atoms with Crippen LogP contribution in [0.25, 0.3) is 9.88 Å². The lowest BCUT2D eigenvalue weighted by atomic mass is 10.1. The van der Waals surface area contributed by atoms with Gasteiger partial charge >= 0.3 is 0 Å². The van der Waals surface area contributed by atoms with Crippen molar-refractivity contribution in [3.8, 4) is 9.88 Å². The standard InChI is InChI=1S/C23H14ClN3O3S2/c1-12-19(32-21(25-12)18-7-4-10-31-18)20(28)26-13-8-9-17(16(24)11-13)27-22(29)14-5-2-3-6-15(14)23(27)30/h2-11H,1H3,(H,26,28). The van der Waals surface area contributed by atoms with Crippen LogP contribution in [0.1, 0.15) is 36.1 Å². The fourth-order valence-electron chi connectivity index (χ4n) is 3.47. The second-order valence-corrected chi connectivity index (χ2v) is 9.38. The highest BCUT2D eigenvalue weighted by molar-refractivity contribution is 7.22. The zero-order valence-corrected chi connectivity index (χ0v) is 19.0. The van der Waals surface area contributed by atoms with Gasteiger partial charge in [0.2, 0.25) is 0 Å². The van der Waals surface area contributed by atoms with E-state index in [2.05, 4.69) is 10.3 Å². The summed E-state index contributed by atoms with van der Waals surface area (Å²) in [6.07, 6.45) is 0. The van der Waals surface area contributed by atoms with Crippen LogP contribution in [0.4, 0.5) is 11.4 Å². The van der Waals surface area contributed by atoms with Gasteiger partial charge in [0.1, 0.15) is 9.88 Å².